The van der Waals surface area contributed by atoms with Crippen molar-refractivity contribution in [3.63, 3.8) is 0 Å². The molecule has 1 N–H and O–H groups in total. The van der Waals surface area contributed by atoms with Crippen molar-refractivity contribution in [2.45, 2.75) is 32.7 Å². The van der Waals surface area contributed by atoms with Crippen LogP contribution in [0.4, 0.5) is 0 Å². The van der Waals surface area contributed by atoms with Crippen LogP contribution < -0.4 is 0 Å². The maximum atomic E-state index is 11.3. The van der Waals surface area contributed by atoms with Crippen LogP contribution in [0, 0.1) is 0 Å². The van der Waals surface area contributed by atoms with E-state index in [0.717, 1.165) is 18.5 Å². The molecule has 1 unspecified atom stereocenters. The standard InChI is InChI=1S/C16H19NO2/c1-3-12(2)17-14(9-10-15(17)16(18)19)11-13-7-5-4-6-8-13/h4-10,12H,3,11H2,1-2H3,(H,18,19). The number of carboxylic acids is 1. The number of carboxylic acid groups (broad SMARTS) is 1. The molecule has 1 atom stereocenters. The Morgan fingerprint density at radius 2 is 1.89 bits per heavy atom. The summed E-state index contributed by atoms with van der Waals surface area (Å²) in [5.74, 6) is -0.861. The molecule has 0 aliphatic carbocycles. The van der Waals surface area contributed by atoms with Crippen molar-refractivity contribution in [3.05, 3.63) is 59.4 Å². The van der Waals surface area contributed by atoms with E-state index in [1.165, 1.54) is 5.56 Å². The van der Waals surface area contributed by atoms with Crippen molar-refractivity contribution in [2.75, 3.05) is 0 Å². The summed E-state index contributed by atoms with van der Waals surface area (Å²) < 4.78 is 1.94. The van der Waals surface area contributed by atoms with Crippen molar-refractivity contribution >= 4 is 5.97 Å². The van der Waals surface area contributed by atoms with Gasteiger partial charge in [0.05, 0.1) is 0 Å². The first-order valence-electron chi connectivity index (χ1n) is 6.60. The van der Waals surface area contributed by atoms with Crippen LogP contribution in [-0.4, -0.2) is 15.6 Å². The molecule has 0 fully saturated rings. The largest absolute Gasteiger partial charge is 0.477 e. The number of carbonyl (C=O) groups is 1. The van der Waals surface area contributed by atoms with Gasteiger partial charge in [-0.2, -0.15) is 0 Å². The van der Waals surface area contributed by atoms with Crippen molar-refractivity contribution in [2.24, 2.45) is 0 Å². The Balaban J connectivity index is 2.38. The average molecular weight is 257 g/mol. The Bertz CT molecular complexity index is 557. The molecule has 0 amide bonds. The molecular weight excluding hydrogens is 238 g/mol. The smallest absolute Gasteiger partial charge is 0.352 e. The van der Waals surface area contributed by atoms with E-state index in [1.807, 2.05) is 28.8 Å². The van der Waals surface area contributed by atoms with Gasteiger partial charge in [-0.25, -0.2) is 4.79 Å². The number of hydrogen-bond donors (Lipinski definition) is 1. The fourth-order valence-corrected chi connectivity index (χ4v) is 2.32. The molecule has 3 heteroatoms. The van der Waals surface area contributed by atoms with Crippen LogP contribution in [0.5, 0.6) is 0 Å². The number of nitrogens with zero attached hydrogens (tertiary/aromatic N) is 1. The molecule has 1 heterocycles. The van der Waals surface area contributed by atoms with Gasteiger partial charge in [0.15, 0.2) is 0 Å². The van der Waals surface area contributed by atoms with Crippen LogP contribution in [0.3, 0.4) is 0 Å². The molecule has 100 valence electrons. The predicted molar refractivity (Wildman–Crippen MR) is 75.6 cm³/mol. The lowest BCUT2D eigenvalue weighted by Crippen LogP contribution is -2.15. The van der Waals surface area contributed by atoms with Crippen molar-refractivity contribution in [3.8, 4) is 0 Å². The van der Waals surface area contributed by atoms with Gasteiger partial charge in [-0.15, -0.1) is 0 Å². The topological polar surface area (TPSA) is 42.2 Å². The van der Waals surface area contributed by atoms with Gasteiger partial charge in [-0.05, 0) is 31.0 Å². The number of aromatic nitrogens is 1. The Morgan fingerprint density at radius 1 is 1.21 bits per heavy atom. The van der Waals surface area contributed by atoms with Gasteiger partial charge in [-0.1, -0.05) is 37.3 Å². The van der Waals surface area contributed by atoms with E-state index in [4.69, 9.17) is 0 Å². The predicted octanol–water partition coefficient (Wildman–Crippen LogP) is 3.75. The van der Waals surface area contributed by atoms with E-state index in [1.54, 1.807) is 6.07 Å². The van der Waals surface area contributed by atoms with Gasteiger partial charge in [-0.3, -0.25) is 0 Å². The molecule has 19 heavy (non-hydrogen) atoms. The summed E-state index contributed by atoms with van der Waals surface area (Å²) in [5.41, 5.74) is 2.63. The quantitative estimate of drug-likeness (QED) is 0.886. The van der Waals surface area contributed by atoms with Crippen molar-refractivity contribution < 1.29 is 9.90 Å². The SMILES string of the molecule is CCC(C)n1c(Cc2ccccc2)ccc1C(=O)O. The molecule has 0 bridgehead atoms. The Labute approximate surface area is 113 Å². The third-order valence-corrected chi connectivity index (χ3v) is 3.48. The fraction of sp³-hybridized carbons (Fsp3) is 0.312. The van der Waals surface area contributed by atoms with E-state index >= 15 is 0 Å². The third kappa shape index (κ3) is 2.87. The molecule has 0 aliphatic rings. The van der Waals surface area contributed by atoms with Crippen LogP contribution in [-0.2, 0) is 6.42 Å². The van der Waals surface area contributed by atoms with E-state index in [2.05, 4.69) is 26.0 Å². The fourth-order valence-electron chi connectivity index (χ4n) is 2.32. The Kier molecular flexibility index (Phi) is 4.05. The molecule has 2 rings (SSSR count). The lowest BCUT2D eigenvalue weighted by Gasteiger charge is -2.18. The maximum absolute atomic E-state index is 11.3. The zero-order valence-electron chi connectivity index (χ0n) is 11.3. The van der Waals surface area contributed by atoms with Crippen LogP contribution in [0.25, 0.3) is 0 Å². The minimum Gasteiger partial charge on any atom is -0.477 e. The van der Waals surface area contributed by atoms with Crippen molar-refractivity contribution in [1.82, 2.24) is 4.57 Å². The highest BCUT2D eigenvalue weighted by Crippen LogP contribution is 2.21. The van der Waals surface area contributed by atoms with Crippen LogP contribution in [0.15, 0.2) is 42.5 Å². The number of benzene rings is 1. The van der Waals surface area contributed by atoms with Gasteiger partial charge < -0.3 is 9.67 Å². The summed E-state index contributed by atoms with van der Waals surface area (Å²) in [6, 6.07) is 13.9. The van der Waals surface area contributed by atoms with E-state index in [9.17, 15) is 9.90 Å². The second-order valence-electron chi connectivity index (χ2n) is 4.80. The second-order valence-corrected chi connectivity index (χ2v) is 4.80. The van der Waals surface area contributed by atoms with Gasteiger partial charge >= 0.3 is 5.97 Å². The molecule has 0 spiro atoms. The maximum Gasteiger partial charge on any atom is 0.352 e. The zero-order chi connectivity index (χ0) is 13.8. The average Bonchev–Trinajstić information content (AvgIpc) is 2.83. The first-order chi connectivity index (χ1) is 9.13. The third-order valence-electron chi connectivity index (χ3n) is 3.48. The van der Waals surface area contributed by atoms with E-state index in [-0.39, 0.29) is 6.04 Å². The minimum absolute atomic E-state index is 0.194. The molecule has 1 aromatic carbocycles. The Morgan fingerprint density at radius 3 is 2.47 bits per heavy atom. The summed E-state index contributed by atoms with van der Waals surface area (Å²) in [4.78, 5) is 11.3. The summed E-state index contributed by atoms with van der Waals surface area (Å²) in [6.45, 7) is 4.13. The second kappa shape index (κ2) is 5.74. The molecule has 0 radical (unpaired) electrons. The highest BCUT2D eigenvalue weighted by Gasteiger charge is 2.17. The first-order valence-corrected chi connectivity index (χ1v) is 6.60. The molecule has 3 nitrogen and oxygen atoms in total. The zero-order valence-corrected chi connectivity index (χ0v) is 11.3. The van der Waals surface area contributed by atoms with Gasteiger partial charge in [0.25, 0.3) is 0 Å². The summed E-state index contributed by atoms with van der Waals surface area (Å²) in [7, 11) is 0. The van der Waals surface area contributed by atoms with E-state index in [0.29, 0.717) is 5.69 Å². The summed E-state index contributed by atoms with van der Waals surface area (Å²) in [5, 5.41) is 9.27. The number of aromatic carboxylic acids is 1. The highest BCUT2D eigenvalue weighted by molar-refractivity contribution is 5.86. The first kappa shape index (κ1) is 13.4. The number of hydrogen-bond acceptors (Lipinski definition) is 1. The van der Waals surface area contributed by atoms with E-state index < -0.39 is 5.97 Å². The highest BCUT2D eigenvalue weighted by atomic mass is 16.4. The lowest BCUT2D eigenvalue weighted by molar-refractivity contribution is 0.0682. The van der Waals surface area contributed by atoms with Crippen LogP contribution in [0.2, 0.25) is 0 Å². The molecule has 0 saturated carbocycles. The van der Waals surface area contributed by atoms with Gasteiger partial charge in [0.1, 0.15) is 5.69 Å². The minimum atomic E-state index is -0.861. The summed E-state index contributed by atoms with van der Waals surface area (Å²) >= 11 is 0. The van der Waals surface area contributed by atoms with Crippen LogP contribution >= 0.6 is 0 Å². The molecular formula is C16H19NO2. The lowest BCUT2D eigenvalue weighted by atomic mass is 10.1. The van der Waals surface area contributed by atoms with Crippen LogP contribution in [0.1, 0.15) is 48.1 Å². The Hall–Kier alpha value is -2.03. The molecule has 0 aliphatic heterocycles. The monoisotopic (exact) mass is 257 g/mol. The van der Waals surface area contributed by atoms with Crippen molar-refractivity contribution in [1.29, 1.82) is 0 Å². The molecule has 0 saturated heterocycles. The van der Waals surface area contributed by atoms with Gasteiger partial charge in [0.2, 0.25) is 0 Å². The molecule has 1 aromatic heterocycles. The normalized spacial score (nSPS) is 12.3. The molecule has 2 aromatic rings. The van der Waals surface area contributed by atoms with Gasteiger partial charge in [0, 0.05) is 18.2 Å². The summed E-state index contributed by atoms with van der Waals surface area (Å²) in [6.07, 6.45) is 1.68. The number of rotatable bonds is 5.